The Bertz CT molecular complexity index is 567. The molecule has 0 aliphatic carbocycles. The summed E-state index contributed by atoms with van der Waals surface area (Å²) in [6.07, 6.45) is 1.84. The van der Waals surface area contributed by atoms with E-state index < -0.39 is 10.0 Å². The number of hydrogen-bond acceptors (Lipinski definition) is 3. The van der Waals surface area contributed by atoms with Gasteiger partial charge in [-0.1, -0.05) is 6.07 Å². The van der Waals surface area contributed by atoms with E-state index in [1.165, 1.54) is 0 Å². The quantitative estimate of drug-likeness (QED) is 0.835. The zero-order valence-corrected chi connectivity index (χ0v) is 11.9. The van der Waals surface area contributed by atoms with Gasteiger partial charge in [-0.3, -0.25) is 0 Å². The zero-order valence-electron chi connectivity index (χ0n) is 11.1. The molecule has 1 atom stereocenters. The molecule has 0 saturated carbocycles. The SMILES string of the molecule is Cc1ccc(N)c(S(=O)(=O)N2CCCC2C)c1C. The number of nitrogen functional groups attached to an aromatic ring is 1. The molecule has 1 unspecified atom stereocenters. The lowest BCUT2D eigenvalue weighted by molar-refractivity contribution is 0.408. The Kier molecular flexibility index (Phi) is 3.38. The molecular weight excluding hydrogens is 248 g/mol. The molecule has 0 aromatic heterocycles. The van der Waals surface area contributed by atoms with Gasteiger partial charge >= 0.3 is 0 Å². The summed E-state index contributed by atoms with van der Waals surface area (Å²) in [4.78, 5) is 0.288. The van der Waals surface area contributed by atoms with Crippen LogP contribution in [-0.2, 0) is 10.0 Å². The molecule has 0 amide bonds. The number of benzene rings is 1. The Labute approximate surface area is 109 Å². The number of rotatable bonds is 2. The third kappa shape index (κ3) is 2.01. The fraction of sp³-hybridized carbons (Fsp3) is 0.538. The van der Waals surface area contributed by atoms with Crippen molar-refractivity contribution in [1.29, 1.82) is 0 Å². The summed E-state index contributed by atoms with van der Waals surface area (Å²) in [5, 5.41) is 0. The fourth-order valence-electron chi connectivity index (χ4n) is 2.53. The van der Waals surface area contributed by atoms with Crippen molar-refractivity contribution in [3.63, 3.8) is 0 Å². The van der Waals surface area contributed by atoms with E-state index in [0.717, 1.165) is 24.0 Å². The van der Waals surface area contributed by atoms with Gasteiger partial charge in [-0.05, 0) is 50.8 Å². The third-order valence-corrected chi connectivity index (χ3v) is 5.98. The maximum atomic E-state index is 12.7. The molecule has 1 aromatic carbocycles. The Hall–Kier alpha value is -1.07. The average Bonchev–Trinajstić information content (AvgIpc) is 2.71. The lowest BCUT2D eigenvalue weighted by atomic mass is 10.1. The van der Waals surface area contributed by atoms with Crippen LogP contribution in [0.1, 0.15) is 30.9 Å². The van der Waals surface area contributed by atoms with E-state index in [0.29, 0.717) is 12.2 Å². The molecule has 1 fully saturated rings. The van der Waals surface area contributed by atoms with Crippen LogP contribution in [0.15, 0.2) is 17.0 Å². The van der Waals surface area contributed by atoms with Crippen LogP contribution < -0.4 is 5.73 Å². The summed E-state index contributed by atoms with van der Waals surface area (Å²) < 4.78 is 26.9. The van der Waals surface area contributed by atoms with Crippen LogP contribution in [0.25, 0.3) is 0 Å². The van der Waals surface area contributed by atoms with E-state index in [2.05, 4.69) is 0 Å². The van der Waals surface area contributed by atoms with Crippen LogP contribution in [0.4, 0.5) is 5.69 Å². The van der Waals surface area contributed by atoms with Gasteiger partial charge in [0.15, 0.2) is 0 Å². The highest BCUT2D eigenvalue weighted by molar-refractivity contribution is 7.89. The monoisotopic (exact) mass is 268 g/mol. The first-order valence-corrected chi connectivity index (χ1v) is 7.67. The van der Waals surface area contributed by atoms with Gasteiger partial charge in [0.05, 0.1) is 5.69 Å². The standard InChI is InChI=1S/C13H20N2O2S/c1-9-6-7-12(14)13(11(9)3)18(16,17)15-8-4-5-10(15)2/h6-7,10H,4-5,8,14H2,1-3H3. The lowest BCUT2D eigenvalue weighted by Crippen LogP contribution is -2.34. The van der Waals surface area contributed by atoms with E-state index in [4.69, 9.17) is 5.73 Å². The summed E-state index contributed by atoms with van der Waals surface area (Å²) in [5.41, 5.74) is 7.94. The lowest BCUT2D eigenvalue weighted by Gasteiger charge is -2.23. The van der Waals surface area contributed by atoms with Crippen LogP contribution in [-0.4, -0.2) is 25.3 Å². The summed E-state index contributed by atoms with van der Waals surface area (Å²) in [6.45, 7) is 6.27. The van der Waals surface area contributed by atoms with Crippen molar-refractivity contribution in [2.45, 2.75) is 44.6 Å². The summed E-state index contributed by atoms with van der Waals surface area (Å²) >= 11 is 0. The predicted molar refractivity (Wildman–Crippen MR) is 72.9 cm³/mol. The molecule has 1 aliphatic rings. The van der Waals surface area contributed by atoms with Gasteiger partial charge < -0.3 is 5.73 Å². The van der Waals surface area contributed by atoms with Gasteiger partial charge in [0.2, 0.25) is 10.0 Å². The van der Waals surface area contributed by atoms with E-state index in [1.807, 2.05) is 26.8 Å². The molecular formula is C13H20N2O2S. The summed E-state index contributed by atoms with van der Waals surface area (Å²) in [6, 6.07) is 3.60. The molecule has 0 radical (unpaired) electrons. The van der Waals surface area contributed by atoms with Crippen molar-refractivity contribution >= 4 is 15.7 Å². The number of nitrogens with zero attached hydrogens (tertiary/aromatic N) is 1. The van der Waals surface area contributed by atoms with Gasteiger partial charge in [-0.25, -0.2) is 8.42 Å². The van der Waals surface area contributed by atoms with Crippen LogP contribution in [0.5, 0.6) is 0 Å². The number of sulfonamides is 1. The van der Waals surface area contributed by atoms with Gasteiger partial charge in [-0.15, -0.1) is 0 Å². The van der Waals surface area contributed by atoms with Crippen molar-refractivity contribution < 1.29 is 8.42 Å². The zero-order chi connectivity index (χ0) is 13.5. The molecule has 100 valence electrons. The molecule has 5 heteroatoms. The molecule has 18 heavy (non-hydrogen) atoms. The molecule has 2 rings (SSSR count). The minimum Gasteiger partial charge on any atom is -0.398 e. The Morgan fingerprint density at radius 3 is 2.56 bits per heavy atom. The van der Waals surface area contributed by atoms with Gasteiger partial charge in [0, 0.05) is 12.6 Å². The molecule has 0 bridgehead atoms. The second-order valence-corrected chi connectivity index (χ2v) is 6.86. The molecule has 1 heterocycles. The van der Waals surface area contributed by atoms with Crippen LogP contribution in [0.2, 0.25) is 0 Å². The third-order valence-electron chi connectivity index (χ3n) is 3.77. The first-order valence-electron chi connectivity index (χ1n) is 6.23. The minimum absolute atomic E-state index is 0.0642. The van der Waals surface area contributed by atoms with E-state index in [-0.39, 0.29) is 10.9 Å². The van der Waals surface area contributed by atoms with E-state index in [9.17, 15) is 8.42 Å². The Balaban J connectivity index is 2.58. The Morgan fingerprint density at radius 1 is 1.33 bits per heavy atom. The summed E-state index contributed by atoms with van der Waals surface area (Å²) in [7, 11) is -3.46. The number of aryl methyl sites for hydroxylation is 1. The highest BCUT2D eigenvalue weighted by atomic mass is 32.2. The maximum absolute atomic E-state index is 12.7. The van der Waals surface area contributed by atoms with Crippen LogP contribution in [0.3, 0.4) is 0 Å². The van der Waals surface area contributed by atoms with Gasteiger partial charge in [0.25, 0.3) is 0 Å². The fourth-order valence-corrected chi connectivity index (χ4v) is 4.63. The maximum Gasteiger partial charge on any atom is 0.245 e. The average molecular weight is 268 g/mol. The van der Waals surface area contributed by atoms with Crippen LogP contribution >= 0.6 is 0 Å². The van der Waals surface area contributed by atoms with E-state index >= 15 is 0 Å². The van der Waals surface area contributed by atoms with Gasteiger partial charge in [-0.2, -0.15) is 4.31 Å². The first kappa shape index (κ1) is 13.4. The molecule has 0 spiro atoms. The van der Waals surface area contributed by atoms with Crippen molar-refractivity contribution in [2.75, 3.05) is 12.3 Å². The van der Waals surface area contributed by atoms with Crippen molar-refractivity contribution in [1.82, 2.24) is 4.31 Å². The number of hydrogen-bond donors (Lipinski definition) is 1. The Morgan fingerprint density at radius 2 is 2.00 bits per heavy atom. The smallest absolute Gasteiger partial charge is 0.245 e. The van der Waals surface area contributed by atoms with Crippen molar-refractivity contribution in [2.24, 2.45) is 0 Å². The van der Waals surface area contributed by atoms with Crippen molar-refractivity contribution in [3.05, 3.63) is 23.3 Å². The normalized spacial score (nSPS) is 21.4. The number of nitrogens with two attached hydrogens (primary N) is 1. The largest absolute Gasteiger partial charge is 0.398 e. The molecule has 1 saturated heterocycles. The molecule has 4 nitrogen and oxygen atoms in total. The topological polar surface area (TPSA) is 63.4 Å². The molecule has 2 N–H and O–H groups in total. The number of anilines is 1. The predicted octanol–water partition coefficient (Wildman–Crippen LogP) is 2.06. The van der Waals surface area contributed by atoms with Crippen LogP contribution in [0, 0.1) is 13.8 Å². The second-order valence-electron chi connectivity index (χ2n) is 5.03. The second kappa shape index (κ2) is 4.55. The van der Waals surface area contributed by atoms with Gasteiger partial charge in [0.1, 0.15) is 4.90 Å². The molecule has 1 aliphatic heterocycles. The highest BCUT2D eigenvalue weighted by Gasteiger charge is 2.34. The van der Waals surface area contributed by atoms with Crippen molar-refractivity contribution in [3.8, 4) is 0 Å². The van der Waals surface area contributed by atoms with E-state index in [1.54, 1.807) is 10.4 Å². The molecule has 1 aromatic rings. The minimum atomic E-state index is -3.46. The first-order chi connectivity index (χ1) is 8.35. The summed E-state index contributed by atoms with van der Waals surface area (Å²) in [5.74, 6) is 0. The highest BCUT2D eigenvalue weighted by Crippen LogP contribution is 2.32.